The van der Waals surface area contributed by atoms with Gasteiger partial charge >= 0.3 is 0 Å². The number of rotatable bonds is 5. The van der Waals surface area contributed by atoms with Crippen LogP contribution in [0.25, 0.3) is 21.7 Å². The molecule has 1 aromatic heterocycles. The summed E-state index contributed by atoms with van der Waals surface area (Å²) in [4.78, 5) is 12.4. The summed E-state index contributed by atoms with van der Waals surface area (Å²) in [5, 5.41) is 12.8. The molecule has 0 unspecified atom stereocenters. The van der Waals surface area contributed by atoms with E-state index in [1.807, 2.05) is 42.5 Å². The number of benzene rings is 3. The molecule has 124 valence electrons. The van der Waals surface area contributed by atoms with Crippen LogP contribution in [0.1, 0.15) is 10.4 Å². The zero-order chi connectivity index (χ0) is 17.1. The van der Waals surface area contributed by atoms with Crippen LogP contribution in [-0.2, 0) is 0 Å². The van der Waals surface area contributed by atoms with E-state index in [9.17, 15) is 4.79 Å². The highest BCUT2D eigenvalue weighted by Crippen LogP contribution is 2.24. The lowest BCUT2D eigenvalue weighted by molar-refractivity contribution is 0.0948. The maximum Gasteiger partial charge on any atom is 0.253 e. The molecular weight excluding hydrogens is 314 g/mol. The van der Waals surface area contributed by atoms with E-state index in [2.05, 4.69) is 27.6 Å². The van der Waals surface area contributed by atoms with Gasteiger partial charge in [-0.15, -0.1) is 0 Å². The van der Waals surface area contributed by atoms with Gasteiger partial charge in [0, 0.05) is 10.8 Å². The number of hydrogen-bond acceptors (Lipinski definition) is 3. The van der Waals surface area contributed by atoms with Gasteiger partial charge in [0.2, 0.25) is 0 Å². The standard InChI is InChI=1S/C20H17N3O2/c24-20(17-9-3-7-15-13-22-23-19(15)17)21-11-12-25-18-10-4-6-14-5-1-2-8-16(14)18/h1-10,13H,11-12H2,(H,21,24)(H,22,23). The Morgan fingerprint density at radius 2 is 1.80 bits per heavy atom. The summed E-state index contributed by atoms with van der Waals surface area (Å²) in [6, 6.07) is 19.6. The van der Waals surface area contributed by atoms with E-state index in [0.717, 1.165) is 27.4 Å². The van der Waals surface area contributed by atoms with Crippen molar-refractivity contribution in [2.75, 3.05) is 13.2 Å². The van der Waals surface area contributed by atoms with Gasteiger partial charge in [0.15, 0.2) is 0 Å². The average molecular weight is 331 g/mol. The first-order chi connectivity index (χ1) is 12.3. The van der Waals surface area contributed by atoms with Crippen LogP contribution in [0.3, 0.4) is 0 Å². The third-order valence-electron chi connectivity index (χ3n) is 4.12. The number of para-hydroxylation sites is 1. The molecule has 3 aromatic carbocycles. The predicted molar refractivity (Wildman–Crippen MR) is 97.9 cm³/mol. The minimum atomic E-state index is -0.142. The molecule has 1 heterocycles. The molecule has 0 atom stereocenters. The predicted octanol–water partition coefficient (Wildman–Crippen LogP) is 3.52. The van der Waals surface area contributed by atoms with Crippen molar-refractivity contribution in [1.29, 1.82) is 0 Å². The van der Waals surface area contributed by atoms with Gasteiger partial charge < -0.3 is 10.1 Å². The normalized spacial score (nSPS) is 10.9. The van der Waals surface area contributed by atoms with Crippen LogP contribution in [0.2, 0.25) is 0 Å². The van der Waals surface area contributed by atoms with Crippen molar-refractivity contribution in [3.8, 4) is 5.75 Å². The second-order valence-corrected chi connectivity index (χ2v) is 5.72. The van der Waals surface area contributed by atoms with E-state index in [-0.39, 0.29) is 5.91 Å². The summed E-state index contributed by atoms with van der Waals surface area (Å²) in [5.41, 5.74) is 1.33. The molecule has 0 aliphatic heterocycles. The van der Waals surface area contributed by atoms with Crippen LogP contribution in [0.15, 0.2) is 66.9 Å². The van der Waals surface area contributed by atoms with Gasteiger partial charge in [-0.2, -0.15) is 5.10 Å². The minimum absolute atomic E-state index is 0.142. The molecule has 4 aromatic rings. The molecular formula is C20H17N3O2. The van der Waals surface area contributed by atoms with Crippen LogP contribution in [0, 0.1) is 0 Å². The quantitative estimate of drug-likeness (QED) is 0.550. The van der Waals surface area contributed by atoms with Gasteiger partial charge in [-0.25, -0.2) is 0 Å². The third-order valence-corrected chi connectivity index (χ3v) is 4.12. The lowest BCUT2D eigenvalue weighted by Gasteiger charge is -2.10. The molecule has 4 rings (SSSR count). The number of carbonyl (C=O) groups excluding carboxylic acids is 1. The highest BCUT2D eigenvalue weighted by molar-refractivity contribution is 6.05. The summed E-state index contributed by atoms with van der Waals surface area (Å²) >= 11 is 0. The smallest absolute Gasteiger partial charge is 0.253 e. The molecule has 0 bridgehead atoms. The van der Waals surface area contributed by atoms with Gasteiger partial charge in [-0.1, -0.05) is 48.5 Å². The molecule has 0 radical (unpaired) electrons. The minimum Gasteiger partial charge on any atom is -0.491 e. The van der Waals surface area contributed by atoms with Crippen LogP contribution in [-0.4, -0.2) is 29.3 Å². The number of H-pyrrole nitrogens is 1. The highest BCUT2D eigenvalue weighted by Gasteiger charge is 2.10. The van der Waals surface area contributed by atoms with Gasteiger partial charge in [0.25, 0.3) is 5.91 Å². The van der Waals surface area contributed by atoms with E-state index < -0.39 is 0 Å². The Morgan fingerprint density at radius 1 is 1.00 bits per heavy atom. The fraction of sp³-hybridized carbons (Fsp3) is 0.100. The second-order valence-electron chi connectivity index (χ2n) is 5.72. The van der Waals surface area contributed by atoms with Gasteiger partial charge in [0.05, 0.1) is 23.8 Å². The molecule has 5 nitrogen and oxygen atoms in total. The van der Waals surface area contributed by atoms with Crippen molar-refractivity contribution in [2.24, 2.45) is 0 Å². The molecule has 25 heavy (non-hydrogen) atoms. The van der Waals surface area contributed by atoms with Crippen LogP contribution in [0.4, 0.5) is 0 Å². The fourth-order valence-corrected chi connectivity index (χ4v) is 2.90. The number of carbonyl (C=O) groups is 1. The molecule has 2 N–H and O–H groups in total. The summed E-state index contributed by atoms with van der Waals surface area (Å²) in [6.07, 6.45) is 1.70. The third kappa shape index (κ3) is 3.04. The van der Waals surface area contributed by atoms with Crippen molar-refractivity contribution in [2.45, 2.75) is 0 Å². The van der Waals surface area contributed by atoms with E-state index in [4.69, 9.17) is 4.74 Å². The maximum atomic E-state index is 12.4. The van der Waals surface area contributed by atoms with Crippen molar-refractivity contribution in [1.82, 2.24) is 15.5 Å². The van der Waals surface area contributed by atoms with Gasteiger partial charge in [0.1, 0.15) is 12.4 Å². The molecule has 5 heteroatoms. The number of nitrogens with zero attached hydrogens (tertiary/aromatic N) is 1. The summed E-state index contributed by atoms with van der Waals surface area (Å²) < 4.78 is 5.84. The first kappa shape index (κ1) is 15.2. The Morgan fingerprint density at radius 3 is 2.76 bits per heavy atom. The summed E-state index contributed by atoms with van der Waals surface area (Å²) in [6.45, 7) is 0.825. The molecule has 0 fully saturated rings. The van der Waals surface area contributed by atoms with Gasteiger partial charge in [-0.05, 0) is 17.5 Å². The summed E-state index contributed by atoms with van der Waals surface area (Å²) in [7, 11) is 0. The number of hydrogen-bond donors (Lipinski definition) is 2. The topological polar surface area (TPSA) is 67.0 Å². The second kappa shape index (κ2) is 6.65. The van der Waals surface area contributed by atoms with Crippen molar-refractivity contribution in [3.05, 3.63) is 72.4 Å². The van der Waals surface area contributed by atoms with Crippen molar-refractivity contribution in [3.63, 3.8) is 0 Å². The largest absolute Gasteiger partial charge is 0.491 e. The Bertz CT molecular complexity index is 1030. The molecule has 1 amide bonds. The Labute approximate surface area is 144 Å². The van der Waals surface area contributed by atoms with Gasteiger partial charge in [-0.3, -0.25) is 9.89 Å². The van der Waals surface area contributed by atoms with Crippen LogP contribution >= 0.6 is 0 Å². The lowest BCUT2D eigenvalue weighted by Crippen LogP contribution is -2.28. The first-order valence-electron chi connectivity index (χ1n) is 8.14. The zero-order valence-electron chi connectivity index (χ0n) is 13.5. The van der Waals surface area contributed by atoms with E-state index >= 15 is 0 Å². The number of aromatic amines is 1. The Kier molecular flexibility index (Phi) is 4.04. The number of amides is 1. The number of nitrogens with one attached hydrogen (secondary N) is 2. The monoisotopic (exact) mass is 331 g/mol. The maximum absolute atomic E-state index is 12.4. The number of aromatic nitrogens is 2. The van der Waals surface area contributed by atoms with Crippen LogP contribution in [0.5, 0.6) is 5.75 Å². The molecule has 0 saturated carbocycles. The number of ether oxygens (including phenoxy) is 1. The molecule has 0 spiro atoms. The molecule has 0 saturated heterocycles. The SMILES string of the molecule is O=C(NCCOc1cccc2ccccc12)c1cccc2cn[nH]c12. The van der Waals surface area contributed by atoms with Crippen molar-refractivity contribution >= 4 is 27.6 Å². The Balaban J connectivity index is 1.39. The molecule has 0 aliphatic rings. The zero-order valence-corrected chi connectivity index (χ0v) is 13.5. The van der Waals surface area contributed by atoms with Crippen LogP contribution < -0.4 is 10.1 Å². The van der Waals surface area contributed by atoms with Crippen molar-refractivity contribution < 1.29 is 9.53 Å². The van der Waals surface area contributed by atoms with E-state index in [0.29, 0.717) is 18.7 Å². The molecule has 0 aliphatic carbocycles. The lowest BCUT2D eigenvalue weighted by atomic mass is 10.1. The Hall–Kier alpha value is -3.34. The van der Waals surface area contributed by atoms with E-state index in [1.54, 1.807) is 12.3 Å². The number of fused-ring (bicyclic) bond motifs is 2. The first-order valence-corrected chi connectivity index (χ1v) is 8.14. The van der Waals surface area contributed by atoms with E-state index in [1.165, 1.54) is 0 Å². The average Bonchev–Trinajstić information content (AvgIpc) is 3.14. The highest BCUT2D eigenvalue weighted by atomic mass is 16.5. The fourth-order valence-electron chi connectivity index (χ4n) is 2.90. The summed E-state index contributed by atoms with van der Waals surface area (Å²) in [5.74, 6) is 0.680.